The second kappa shape index (κ2) is 6.12. The monoisotopic (exact) mass is 161 g/mol. The van der Waals surface area contributed by atoms with Crippen molar-refractivity contribution in [3.05, 3.63) is 0 Å². The van der Waals surface area contributed by atoms with Crippen LogP contribution >= 0.6 is 0 Å². The number of hydrogen-bond donors (Lipinski definition) is 2. The first-order valence-corrected chi connectivity index (χ1v) is 3.68. The summed E-state index contributed by atoms with van der Waals surface area (Å²) >= 11 is 0. The zero-order valence-electron chi connectivity index (χ0n) is 6.79. The highest BCUT2D eigenvalue weighted by molar-refractivity contribution is 5.66. The van der Waals surface area contributed by atoms with Crippen molar-refractivity contribution < 1.29 is 15.0 Å². The first kappa shape index (κ1) is 10.4. The van der Waals surface area contributed by atoms with Crippen LogP contribution in [0, 0.1) is 0 Å². The fraction of sp³-hybridized carbons (Fsp3) is 0.857. The van der Waals surface area contributed by atoms with Gasteiger partial charge in [-0.1, -0.05) is 0 Å². The first-order chi connectivity index (χ1) is 5.16. The van der Waals surface area contributed by atoms with E-state index in [1.54, 1.807) is 0 Å². The largest absolute Gasteiger partial charge is 0.481 e. The fourth-order valence-electron chi connectivity index (χ4n) is 0.739. The minimum absolute atomic E-state index is 0.164. The number of aliphatic carboxylic acids is 1. The number of aliphatic hydroxyl groups excluding tert-OH is 1. The summed E-state index contributed by atoms with van der Waals surface area (Å²) in [6, 6.07) is 0. The van der Waals surface area contributed by atoms with Crippen LogP contribution in [0.15, 0.2) is 0 Å². The van der Waals surface area contributed by atoms with Gasteiger partial charge in [0.1, 0.15) is 0 Å². The molecule has 0 spiro atoms. The normalized spacial score (nSPS) is 10.5. The molecule has 4 nitrogen and oxygen atoms in total. The first-order valence-electron chi connectivity index (χ1n) is 3.68. The van der Waals surface area contributed by atoms with Crippen LogP contribution in [-0.2, 0) is 4.79 Å². The van der Waals surface area contributed by atoms with Gasteiger partial charge in [0, 0.05) is 19.7 Å². The summed E-state index contributed by atoms with van der Waals surface area (Å²) in [7, 11) is 1.85. The van der Waals surface area contributed by atoms with Crippen LogP contribution in [0.5, 0.6) is 0 Å². The Bertz CT molecular complexity index is 116. The third-order valence-corrected chi connectivity index (χ3v) is 1.41. The Morgan fingerprint density at radius 2 is 2.09 bits per heavy atom. The molecule has 0 aliphatic rings. The molecule has 0 rings (SSSR count). The topological polar surface area (TPSA) is 60.8 Å². The van der Waals surface area contributed by atoms with E-state index in [1.807, 2.05) is 11.9 Å². The highest BCUT2D eigenvalue weighted by Gasteiger charge is 2.00. The highest BCUT2D eigenvalue weighted by atomic mass is 16.4. The molecule has 0 bridgehead atoms. The summed E-state index contributed by atoms with van der Waals surface area (Å²) in [5.74, 6) is -0.777. The third-order valence-electron chi connectivity index (χ3n) is 1.41. The average molecular weight is 161 g/mol. The molecule has 0 heterocycles. The summed E-state index contributed by atoms with van der Waals surface area (Å²) in [5, 5.41) is 16.8. The number of aliphatic hydroxyl groups is 1. The second-order valence-corrected chi connectivity index (χ2v) is 2.52. The molecule has 66 valence electrons. The van der Waals surface area contributed by atoms with E-state index in [9.17, 15) is 4.79 Å². The molecule has 0 radical (unpaired) electrons. The lowest BCUT2D eigenvalue weighted by atomic mass is 10.3. The van der Waals surface area contributed by atoms with Gasteiger partial charge < -0.3 is 15.1 Å². The van der Waals surface area contributed by atoms with E-state index in [-0.39, 0.29) is 13.0 Å². The molecule has 0 unspecified atom stereocenters. The number of hydrogen-bond acceptors (Lipinski definition) is 3. The van der Waals surface area contributed by atoms with Gasteiger partial charge in [0.25, 0.3) is 0 Å². The van der Waals surface area contributed by atoms with E-state index >= 15 is 0 Å². The summed E-state index contributed by atoms with van der Waals surface area (Å²) in [6.07, 6.45) is 0.873. The molecule has 0 aromatic carbocycles. The van der Waals surface area contributed by atoms with Crippen molar-refractivity contribution in [3.63, 3.8) is 0 Å². The highest BCUT2D eigenvalue weighted by Crippen LogP contribution is 1.89. The van der Waals surface area contributed by atoms with E-state index in [1.165, 1.54) is 0 Å². The smallest absolute Gasteiger partial charge is 0.304 e. The van der Waals surface area contributed by atoms with Crippen molar-refractivity contribution in [2.75, 3.05) is 26.7 Å². The van der Waals surface area contributed by atoms with E-state index in [2.05, 4.69) is 0 Å². The molecule has 0 aliphatic carbocycles. The molecular formula is C7H15NO3. The standard InChI is InChI=1S/C7H15NO3/c1-8(4-2-6-9)5-3-7(10)11/h9H,2-6H2,1H3,(H,10,11). The maximum Gasteiger partial charge on any atom is 0.304 e. The predicted octanol–water partition coefficient (Wildman–Crippen LogP) is -0.225. The van der Waals surface area contributed by atoms with Crippen molar-refractivity contribution in [1.82, 2.24) is 4.90 Å². The lowest BCUT2D eigenvalue weighted by molar-refractivity contribution is -0.137. The van der Waals surface area contributed by atoms with E-state index in [0.717, 1.165) is 6.54 Å². The molecule has 2 N–H and O–H groups in total. The van der Waals surface area contributed by atoms with Crippen molar-refractivity contribution in [3.8, 4) is 0 Å². The van der Waals surface area contributed by atoms with E-state index in [4.69, 9.17) is 10.2 Å². The Morgan fingerprint density at radius 3 is 2.55 bits per heavy atom. The number of carbonyl (C=O) groups is 1. The Balaban J connectivity index is 3.22. The number of carboxylic acids is 1. The van der Waals surface area contributed by atoms with Gasteiger partial charge in [0.05, 0.1) is 6.42 Å². The zero-order chi connectivity index (χ0) is 8.69. The molecule has 0 saturated heterocycles. The van der Waals surface area contributed by atoms with Gasteiger partial charge in [-0.25, -0.2) is 0 Å². The van der Waals surface area contributed by atoms with Gasteiger partial charge in [-0.15, -0.1) is 0 Å². The Kier molecular flexibility index (Phi) is 5.78. The number of nitrogens with zero attached hydrogens (tertiary/aromatic N) is 1. The fourth-order valence-corrected chi connectivity index (χ4v) is 0.739. The molecule has 11 heavy (non-hydrogen) atoms. The molecule has 0 aliphatic heterocycles. The van der Waals surface area contributed by atoms with Crippen molar-refractivity contribution >= 4 is 5.97 Å². The lowest BCUT2D eigenvalue weighted by Crippen LogP contribution is -2.23. The van der Waals surface area contributed by atoms with Gasteiger partial charge in [0.2, 0.25) is 0 Å². The number of rotatable bonds is 6. The predicted molar refractivity (Wildman–Crippen MR) is 41.5 cm³/mol. The molecule has 0 fully saturated rings. The van der Waals surface area contributed by atoms with Crippen LogP contribution in [0.25, 0.3) is 0 Å². The Morgan fingerprint density at radius 1 is 1.45 bits per heavy atom. The minimum Gasteiger partial charge on any atom is -0.481 e. The third kappa shape index (κ3) is 7.29. The second-order valence-electron chi connectivity index (χ2n) is 2.52. The molecule has 0 amide bonds. The van der Waals surface area contributed by atoms with Gasteiger partial charge in [-0.05, 0) is 13.5 Å². The van der Waals surface area contributed by atoms with Gasteiger partial charge in [0.15, 0.2) is 0 Å². The molecule has 0 aromatic heterocycles. The molecular weight excluding hydrogens is 146 g/mol. The van der Waals surface area contributed by atoms with Crippen molar-refractivity contribution in [2.45, 2.75) is 12.8 Å². The van der Waals surface area contributed by atoms with Crippen LogP contribution < -0.4 is 0 Å². The Labute approximate surface area is 66.4 Å². The number of carboxylic acid groups (broad SMARTS) is 1. The van der Waals surface area contributed by atoms with E-state index in [0.29, 0.717) is 13.0 Å². The summed E-state index contributed by atoms with van der Waals surface area (Å²) in [5.41, 5.74) is 0. The molecule has 0 aromatic rings. The lowest BCUT2D eigenvalue weighted by Gasteiger charge is -2.13. The van der Waals surface area contributed by atoms with Crippen LogP contribution in [0.4, 0.5) is 0 Å². The van der Waals surface area contributed by atoms with E-state index < -0.39 is 5.97 Å². The van der Waals surface area contributed by atoms with Crippen LogP contribution in [-0.4, -0.2) is 47.8 Å². The summed E-state index contributed by atoms with van der Waals surface area (Å²) < 4.78 is 0. The minimum atomic E-state index is -0.777. The van der Waals surface area contributed by atoms with Crippen molar-refractivity contribution in [2.24, 2.45) is 0 Å². The van der Waals surface area contributed by atoms with Crippen LogP contribution in [0.1, 0.15) is 12.8 Å². The van der Waals surface area contributed by atoms with Crippen LogP contribution in [0.3, 0.4) is 0 Å². The summed E-state index contributed by atoms with van der Waals surface area (Å²) in [6.45, 7) is 1.47. The zero-order valence-corrected chi connectivity index (χ0v) is 6.79. The van der Waals surface area contributed by atoms with Crippen LogP contribution in [0.2, 0.25) is 0 Å². The Hall–Kier alpha value is -0.610. The van der Waals surface area contributed by atoms with Gasteiger partial charge in [-0.2, -0.15) is 0 Å². The average Bonchev–Trinajstić information content (AvgIpc) is 1.97. The quantitative estimate of drug-likeness (QED) is 0.565. The maximum absolute atomic E-state index is 10.1. The SMILES string of the molecule is CN(CCCO)CCC(=O)O. The van der Waals surface area contributed by atoms with Crippen molar-refractivity contribution in [1.29, 1.82) is 0 Å². The maximum atomic E-state index is 10.1. The molecule has 4 heteroatoms. The van der Waals surface area contributed by atoms with Gasteiger partial charge >= 0.3 is 5.97 Å². The summed E-state index contributed by atoms with van der Waals surface area (Å²) in [4.78, 5) is 12.0. The molecule has 0 saturated carbocycles. The van der Waals surface area contributed by atoms with Gasteiger partial charge in [-0.3, -0.25) is 4.79 Å². The molecule has 0 atom stereocenters.